The molecule has 1 aromatic carbocycles. The predicted molar refractivity (Wildman–Crippen MR) is 178 cm³/mol. The van der Waals surface area contributed by atoms with Crippen LogP contribution in [-0.4, -0.2) is 75.0 Å². The number of unbranched alkanes of at least 4 members (excludes halogenated alkanes) is 3. The van der Waals surface area contributed by atoms with Crippen LogP contribution in [0.1, 0.15) is 46.5 Å². The van der Waals surface area contributed by atoms with Crippen molar-refractivity contribution in [1.82, 2.24) is 19.8 Å². The molecule has 0 bridgehead atoms. The number of nitrogens with zero attached hydrogens (tertiary/aromatic N) is 3. The fourth-order valence-corrected chi connectivity index (χ4v) is 4.96. The van der Waals surface area contributed by atoms with E-state index in [1.54, 1.807) is 45.1 Å². The summed E-state index contributed by atoms with van der Waals surface area (Å²) >= 11 is 0. The Morgan fingerprint density at radius 2 is 1.79 bits per heavy atom. The monoisotopic (exact) mass is 645 g/mol. The van der Waals surface area contributed by atoms with Gasteiger partial charge >= 0.3 is 6.09 Å². The van der Waals surface area contributed by atoms with Gasteiger partial charge in [0.1, 0.15) is 36.0 Å². The maximum Gasteiger partial charge on any atom is 0.412 e. The minimum absolute atomic E-state index is 0.0901. The van der Waals surface area contributed by atoms with E-state index in [9.17, 15) is 24.3 Å². The maximum atomic E-state index is 13.4. The maximum absolute atomic E-state index is 13.4. The second-order valence-corrected chi connectivity index (χ2v) is 12.2. The van der Waals surface area contributed by atoms with Crippen molar-refractivity contribution in [3.8, 4) is 11.4 Å². The Bertz CT molecular complexity index is 1590. The summed E-state index contributed by atoms with van der Waals surface area (Å²) in [6.07, 6.45) is 14.7. The predicted octanol–water partition coefficient (Wildman–Crippen LogP) is 4.09. The van der Waals surface area contributed by atoms with Crippen molar-refractivity contribution >= 4 is 23.5 Å². The Labute approximate surface area is 274 Å². The summed E-state index contributed by atoms with van der Waals surface area (Å²) in [6, 6.07) is 9.04. The van der Waals surface area contributed by atoms with Crippen LogP contribution < -0.4 is 16.2 Å². The summed E-state index contributed by atoms with van der Waals surface area (Å²) < 4.78 is 12.6. The molecule has 12 heteroatoms. The van der Waals surface area contributed by atoms with Gasteiger partial charge in [-0.2, -0.15) is 0 Å². The molecule has 3 N–H and O–H groups in total. The van der Waals surface area contributed by atoms with E-state index in [-0.39, 0.29) is 30.2 Å². The first-order chi connectivity index (χ1) is 22.5. The topological polar surface area (TPSA) is 152 Å². The van der Waals surface area contributed by atoms with Crippen molar-refractivity contribution in [1.29, 1.82) is 0 Å². The van der Waals surface area contributed by atoms with Crippen LogP contribution in [0.25, 0.3) is 11.4 Å². The van der Waals surface area contributed by atoms with Gasteiger partial charge in [0.15, 0.2) is 5.78 Å². The molecule has 4 rings (SSSR count). The molecule has 0 spiro atoms. The smallest absolute Gasteiger partial charge is 0.412 e. The van der Waals surface area contributed by atoms with Gasteiger partial charge in [0.2, 0.25) is 5.91 Å². The molecule has 2 aromatic rings. The van der Waals surface area contributed by atoms with Crippen molar-refractivity contribution in [3.05, 3.63) is 95.1 Å². The van der Waals surface area contributed by atoms with Crippen molar-refractivity contribution in [2.75, 3.05) is 25.0 Å². The molecule has 2 heterocycles. The zero-order valence-electron chi connectivity index (χ0n) is 27.1. The molecule has 0 fully saturated rings. The van der Waals surface area contributed by atoms with Gasteiger partial charge in [0, 0.05) is 31.5 Å². The summed E-state index contributed by atoms with van der Waals surface area (Å²) in [5.41, 5.74) is -0.136. The van der Waals surface area contributed by atoms with Crippen LogP contribution in [0.4, 0.5) is 10.5 Å². The third-order valence-electron chi connectivity index (χ3n) is 7.25. The van der Waals surface area contributed by atoms with Gasteiger partial charge in [-0.15, -0.1) is 0 Å². The molecule has 2 amide bonds. The lowest BCUT2D eigenvalue weighted by Gasteiger charge is -2.32. The number of allylic oxidation sites excluding steroid dienone is 4. The van der Waals surface area contributed by atoms with Crippen LogP contribution in [0.5, 0.6) is 0 Å². The zero-order valence-corrected chi connectivity index (χ0v) is 27.1. The van der Waals surface area contributed by atoms with E-state index in [0.29, 0.717) is 36.7 Å². The Morgan fingerprint density at radius 3 is 2.55 bits per heavy atom. The number of ether oxygens (including phenoxy) is 2. The van der Waals surface area contributed by atoms with Gasteiger partial charge in [-0.05, 0) is 57.4 Å². The highest BCUT2D eigenvalue weighted by Gasteiger charge is 2.24. The average Bonchev–Trinajstić information content (AvgIpc) is 3.03. The molecular weight excluding hydrogens is 602 g/mol. The minimum atomic E-state index is -1.13. The molecule has 0 radical (unpaired) electrons. The Balaban J connectivity index is 1.22. The number of aliphatic hydroxyl groups is 1. The highest BCUT2D eigenvalue weighted by molar-refractivity contribution is 5.97. The number of ketones is 1. The molecule has 1 aromatic heterocycles. The van der Waals surface area contributed by atoms with Crippen LogP contribution in [-0.2, 0) is 25.6 Å². The van der Waals surface area contributed by atoms with E-state index in [1.807, 2.05) is 47.5 Å². The van der Waals surface area contributed by atoms with Gasteiger partial charge in [0.25, 0.3) is 5.56 Å². The Kier molecular flexibility index (Phi) is 12.4. The van der Waals surface area contributed by atoms with Crippen molar-refractivity contribution in [3.63, 3.8) is 0 Å². The lowest BCUT2D eigenvalue weighted by molar-refractivity contribution is -0.122. The largest absolute Gasteiger partial charge is 0.444 e. The molecule has 47 heavy (non-hydrogen) atoms. The first-order valence-corrected chi connectivity index (χ1v) is 15.7. The SMILES string of the molecule is CC(C)(C)OC(=O)Nc1cnc(-c2ccccc2)n(CC(=O)NCCCCCCOC2C=CC=CN2CC2=CC=CC(=O)C2O)c1=O. The summed E-state index contributed by atoms with van der Waals surface area (Å²) in [5.74, 6) is -0.367. The van der Waals surface area contributed by atoms with Gasteiger partial charge in [-0.25, -0.2) is 9.78 Å². The van der Waals surface area contributed by atoms with E-state index in [0.717, 1.165) is 25.7 Å². The zero-order chi connectivity index (χ0) is 33.8. The molecule has 1 aliphatic carbocycles. The van der Waals surface area contributed by atoms with Gasteiger partial charge in [0.05, 0.1) is 6.20 Å². The molecule has 0 saturated heterocycles. The summed E-state index contributed by atoms with van der Waals surface area (Å²) in [7, 11) is 0. The summed E-state index contributed by atoms with van der Waals surface area (Å²) in [6.45, 7) is 6.22. The molecular formula is C35H43N5O7. The fraction of sp³-hybridized carbons (Fsp3) is 0.400. The normalized spacial score (nSPS) is 17.4. The third kappa shape index (κ3) is 10.6. The van der Waals surface area contributed by atoms with Crippen LogP contribution in [0, 0.1) is 0 Å². The average molecular weight is 646 g/mol. The number of carbonyl (C=O) groups excluding carboxylic acids is 3. The van der Waals surface area contributed by atoms with Crippen LogP contribution >= 0.6 is 0 Å². The summed E-state index contributed by atoms with van der Waals surface area (Å²) in [5, 5.41) is 15.5. The number of aromatic nitrogens is 2. The van der Waals surface area contributed by atoms with Crippen LogP contribution in [0.3, 0.4) is 0 Å². The standard InChI is InChI=1S/C35H43N5O7/c1-35(2,3)47-34(45)38-27-22-37-32(25-14-7-6-8-15-25)40(33(27)44)24-29(42)36-19-10-4-5-12-21-46-30-18-9-11-20-39(30)23-26-16-13-17-28(41)31(26)43/h6-9,11,13-18,20,22,30-31,43H,4-5,10,12,19,21,23-24H2,1-3H3,(H,36,42)(H,38,45). The number of carbonyl (C=O) groups is 3. The van der Waals surface area contributed by atoms with E-state index < -0.39 is 23.4 Å². The number of nitrogens with one attached hydrogen (secondary N) is 2. The fourth-order valence-electron chi connectivity index (χ4n) is 4.96. The summed E-state index contributed by atoms with van der Waals surface area (Å²) in [4.78, 5) is 56.7. The number of anilines is 1. The second kappa shape index (κ2) is 16.7. The number of hydrogen-bond donors (Lipinski definition) is 3. The first kappa shape index (κ1) is 35.1. The Hall–Kier alpha value is -4.81. The quantitative estimate of drug-likeness (QED) is 0.258. The highest BCUT2D eigenvalue weighted by atomic mass is 16.6. The van der Waals surface area contributed by atoms with Gasteiger partial charge in [-0.3, -0.25) is 24.3 Å². The number of hydrogen-bond acceptors (Lipinski definition) is 9. The Morgan fingerprint density at radius 1 is 1.02 bits per heavy atom. The molecule has 1 aliphatic heterocycles. The van der Waals surface area contributed by atoms with Crippen molar-refractivity contribution in [2.24, 2.45) is 0 Å². The number of rotatable bonds is 14. The van der Waals surface area contributed by atoms with Gasteiger partial charge in [-0.1, -0.05) is 61.4 Å². The van der Waals surface area contributed by atoms with E-state index in [2.05, 4.69) is 15.6 Å². The molecule has 250 valence electrons. The molecule has 2 atom stereocenters. The third-order valence-corrected chi connectivity index (χ3v) is 7.25. The lowest BCUT2D eigenvalue weighted by atomic mass is 10.00. The lowest BCUT2D eigenvalue weighted by Crippen LogP contribution is -2.38. The highest BCUT2D eigenvalue weighted by Crippen LogP contribution is 2.19. The molecule has 0 saturated carbocycles. The number of benzene rings is 1. The van der Waals surface area contributed by atoms with E-state index in [1.165, 1.54) is 16.8 Å². The minimum Gasteiger partial charge on any atom is -0.444 e. The van der Waals surface area contributed by atoms with Crippen molar-refractivity contribution < 1.29 is 29.0 Å². The van der Waals surface area contributed by atoms with Crippen LogP contribution in [0.2, 0.25) is 0 Å². The second-order valence-electron chi connectivity index (χ2n) is 12.2. The molecule has 12 nitrogen and oxygen atoms in total. The first-order valence-electron chi connectivity index (χ1n) is 15.7. The van der Waals surface area contributed by atoms with E-state index >= 15 is 0 Å². The van der Waals surface area contributed by atoms with Gasteiger partial charge < -0.3 is 24.8 Å². The molecule has 2 unspecified atom stereocenters. The van der Waals surface area contributed by atoms with E-state index in [4.69, 9.17) is 9.47 Å². The number of aliphatic hydroxyl groups excluding tert-OH is 1. The number of amides is 2. The van der Waals surface area contributed by atoms with Crippen LogP contribution in [0.15, 0.2) is 89.6 Å². The molecule has 2 aliphatic rings. The van der Waals surface area contributed by atoms with Crippen molar-refractivity contribution in [2.45, 2.75) is 70.9 Å².